The van der Waals surface area contributed by atoms with Crippen LogP contribution in [0.3, 0.4) is 0 Å². The zero-order chi connectivity index (χ0) is 11.5. The number of aromatic hydroxyl groups is 1. The summed E-state index contributed by atoms with van der Waals surface area (Å²) in [6, 6.07) is 5.41. The van der Waals surface area contributed by atoms with Crippen LogP contribution < -0.4 is 0 Å². The van der Waals surface area contributed by atoms with Crippen molar-refractivity contribution in [1.82, 2.24) is 0 Å². The average molecular weight is 220 g/mol. The molecule has 0 aliphatic heterocycles. The fourth-order valence-electron chi connectivity index (χ4n) is 2.46. The van der Waals surface area contributed by atoms with Crippen molar-refractivity contribution in [2.24, 2.45) is 5.92 Å². The smallest absolute Gasteiger partial charge is 0.303 e. The summed E-state index contributed by atoms with van der Waals surface area (Å²) in [5.41, 5.74) is 2.37. The molecule has 2 rings (SSSR count). The van der Waals surface area contributed by atoms with E-state index < -0.39 is 5.97 Å². The predicted octanol–water partition coefficient (Wildman–Crippen LogP) is 2.36. The number of carbonyl (C=O) groups is 1. The standard InChI is InChI=1S/C13H16O3/c14-12-5-4-11-6-9(7-13(15)16)2-1-3-10(11)8-12/h4-5,8-9,14H,1-3,6-7H2,(H,15,16). The number of phenolic OH excluding ortho intramolecular Hbond substituents is 1. The second-order valence-corrected chi connectivity index (χ2v) is 4.51. The van der Waals surface area contributed by atoms with Crippen LogP contribution in [0, 0.1) is 5.92 Å². The number of aryl methyl sites for hydroxylation is 1. The Balaban J connectivity index is 2.17. The highest BCUT2D eigenvalue weighted by Crippen LogP contribution is 2.28. The molecule has 1 unspecified atom stereocenters. The van der Waals surface area contributed by atoms with Gasteiger partial charge in [-0.05, 0) is 54.9 Å². The predicted molar refractivity (Wildman–Crippen MR) is 60.5 cm³/mol. The second kappa shape index (κ2) is 4.56. The van der Waals surface area contributed by atoms with Gasteiger partial charge in [-0.2, -0.15) is 0 Å². The summed E-state index contributed by atoms with van der Waals surface area (Å²) in [4.78, 5) is 10.7. The molecule has 1 aromatic rings. The van der Waals surface area contributed by atoms with Gasteiger partial charge in [0.15, 0.2) is 0 Å². The molecule has 0 aromatic heterocycles. The van der Waals surface area contributed by atoms with E-state index in [4.69, 9.17) is 5.11 Å². The van der Waals surface area contributed by atoms with E-state index in [1.165, 1.54) is 11.1 Å². The van der Waals surface area contributed by atoms with Crippen molar-refractivity contribution in [2.75, 3.05) is 0 Å². The lowest BCUT2D eigenvalue weighted by molar-refractivity contribution is -0.138. The summed E-state index contributed by atoms with van der Waals surface area (Å²) < 4.78 is 0. The summed E-state index contributed by atoms with van der Waals surface area (Å²) in [6.45, 7) is 0. The molecule has 1 aromatic carbocycles. The molecule has 16 heavy (non-hydrogen) atoms. The largest absolute Gasteiger partial charge is 0.508 e. The van der Waals surface area contributed by atoms with Crippen LogP contribution in [0.4, 0.5) is 0 Å². The maximum atomic E-state index is 10.7. The van der Waals surface area contributed by atoms with Crippen LogP contribution in [0.2, 0.25) is 0 Å². The second-order valence-electron chi connectivity index (χ2n) is 4.51. The van der Waals surface area contributed by atoms with Gasteiger partial charge in [-0.15, -0.1) is 0 Å². The molecular formula is C13H16O3. The van der Waals surface area contributed by atoms with Gasteiger partial charge in [-0.3, -0.25) is 4.79 Å². The molecule has 3 heteroatoms. The Hall–Kier alpha value is -1.51. The molecule has 0 fully saturated rings. The molecule has 0 heterocycles. The van der Waals surface area contributed by atoms with E-state index in [-0.39, 0.29) is 12.3 Å². The summed E-state index contributed by atoms with van der Waals surface area (Å²) >= 11 is 0. The zero-order valence-electron chi connectivity index (χ0n) is 9.15. The Labute approximate surface area is 94.7 Å². The summed E-state index contributed by atoms with van der Waals surface area (Å²) in [5, 5.41) is 18.2. The minimum Gasteiger partial charge on any atom is -0.508 e. The van der Waals surface area contributed by atoms with Gasteiger partial charge in [0.2, 0.25) is 0 Å². The summed E-state index contributed by atoms with van der Waals surface area (Å²) in [7, 11) is 0. The topological polar surface area (TPSA) is 57.5 Å². The Bertz CT molecular complexity index is 398. The lowest BCUT2D eigenvalue weighted by atomic mass is 9.94. The van der Waals surface area contributed by atoms with Gasteiger partial charge < -0.3 is 10.2 Å². The third kappa shape index (κ3) is 2.54. The minimum absolute atomic E-state index is 0.239. The zero-order valence-corrected chi connectivity index (χ0v) is 9.15. The normalized spacial score (nSPS) is 19.9. The monoisotopic (exact) mass is 220 g/mol. The molecule has 3 nitrogen and oxygen atoms in total. The molecule has 2 N–H and O–H groups in total. The van der Waals surface area contributed by atoms with Gasteiger partial charge in [-0.25, -0.2) is 0 Å². The maximum Gasteiger partial charge on any atom is 0.303 e. The van der Waals surface area contributed by atoms with E-state index in [0.29, 0.717) is 5.75 Å². The summed E-state index contributed by atoms with van der Waals surface area (Å²) in [5.74, 6) is -0.175. The van der Waals surface area contributed by atoms with Crippen LogP contribution in [-0.4, -0.2) is 16.2 Å². The highest BCUT2D eigenvalue weighted by Gasteiger charge is 2.19. The molecule has 1 aliphatic rings. The Kier molecular flexibility index (Phi) is 3.13. The SMILES string of the molecule is O=C(O)CC1CCCc2cc(O)ccc2C1. The number of fused-ring (bicyclic) bond motifs is 1. The number of hydrogen-bond acceptors (Lipinski definition) is 2. The number of phenols is 1. The van der Waals surface area contributed by atoms with Crippen molar-refractivity contribution >= 4 is 5.97 Å². The summed E-state index contributed by atoms with van der Waals surface area (Å²) in [6.07, 6.45) is 3.98. The molecule has 0 saturated heterocycles. The van der Waals surface area contributed by atoms with Gasteiger partial charge in [-0.1, -0.05) is 6.07 Å². The van der Waals surface area contributed by atoms with E-state index in [2.05, 4.69) is 0 Å². The molecule has 1 aliphatic carbocycles. The molecule has 0 radical (unpaired) electrons. The minimum atomic E-state index is -0.716. The molecule has 86 valence electrons. The molecule has 0 bridgehead atoms. The van der Waals surface area contributed by atoms with Crippen molar-refractivity contribution in [2.45, 2.75) is 32.1 Å². The Morgan fingerprint density at radius 1 is 1.38 bits per heavy atom. The lowest BCUT2D eigenvalue weighted by Gasteiger charge is -2.11. The van der Waals surface area contributed by atoms with Gasteiger partial charge in [0.25, 0.3) is 0 Å². The molecule has 0 amide bonds. The van der Waals surface area contributed by atoms with Crippen molar-refractivity contribution in [1.29, 1.82) is 0 Å². The maximum absolute atomic E-state index is 10.7. The van der Waals surface area contributed by atoms with Crippen LogP contribution in [0.5, 0.6) is 5.75 Å². The Morgan fingerprint density at radius 2 is 2.19 bits per heavy atom. The van der Waals surface area contributed by atoms with Gasteiger partial charge in [0, 0.05) is 6.42 Å². The number of carboxylic acid groups (broad SMARTS) is 1. The van der Waals surface area contributed by atoms with Crippen molar-refractivity contribution < 1.29 is 15.0 Å². The van der Waals surface area contributed by atoms with E-state index in [1.807, 2.05) is 6.07 Å². The van der Waals surface area contributed by atoms with Crippen LogP contribution in [0.15, 0.2) is 18.2 Å². The van der Waals surface area contributed by atoms with E-state index in [9.17, 15) is 9.90 Å². The first kappa shape index (κ1) is 11.0. The van der Waals surface area contributed by atoms with E-state index >= 15 is 0 Å². The number of hydrogen-bond donors (Lipinski definition) is 2. The number of rotatable bonds is 2. The van der Waals surface area contributed by atoms with Gasteiger partial charge >= 0.3 is 5.97 Å². The van der Waals surface area contributed by atoms with E-state index in [1.54, 1.807) is 12.1 Å². The highest BCUT2D eigenvalue weighted by atomic mass is 16.4. The fourth-order valence-corrected chi connectivity index (χ4v) is 2.46. The Morgan fingerprint density at radius 3 is 2.94 bits per heavy atom. The van der Waals surface area contributed by atoms with Crippen molar-refractivity contribution in [3.05, 3.63) is 29.3 Å². The average Bonchev–Trinajstić information content (AvgIpc) is 2.38. The van der Waals surface area contributed by atoms with Crippen molar-refractivity contribution in [3.8, 4) is 5.75 Å². The molecule has 0 spiro atoms. The van der Waals surface area contributed by atoms with Crippen LogP contribution >= 0.6 is 0 Å². The molecule has 0 saturated carbocycles. The van der Waals surface area contributed by atoms with Crippen LogP contribution in [0.25, 0.3) is 0 Å². The van der Waals surface area contributed by atoms with E-state index in [0.717, 1.165) is 25.7 Å². The first-order valence-electron chi connectivity index (χ1n) is 5.67. The number of benzene rings is 1. The van der Waals surface area contributed by atoms with Crippen LogP contribution in [0.1, 0.15) is 30.4 Å². The fraction of sp³-hybridized carbons (Fsp3) is 0.462. The number of carboxylic acids is 1. The van der Waals surface area contributed by atoms with Crippen molar-refractivity contribution in [3.63, 3.8) is 0 Å². The van der Waals surface area contributed by atoms with Crippen LogP contribution in [-0.2, 0) is 17.6 Å². The quantitative estimate of drug-likeness (QED) is 0.752. The third-order valence-electron chi connectivity index (χ3n) is 3.22. The molecule has 1 atom stereocenters. The number of aliphatic carboxylic acids is 1. The first-order chi connectivity index (χ1) is 7.65. The first-order valence-corrected chi connectivity index (χ1v) is 5.67. The third-order valence-corrected chi connectivity index (χ3v) is 3.22. The highest BCUT2D eigenvalue weighted by molar-refractivity contribution is 5.67. The lowest BCUT2D eigenvalue weighted by Crippen LogP contribution is -2.09. The molecular weight excluding hydrogens is 204 g/mol. The van der Waals surface area contributed by atoms with Gasteiger partial charge in [0.05, 0.1) is 0 Å². The van der Waals surface area contributed by atoms with Gasteiger partial charge in [0.1, 0.15) is 5.75 Å².